The summed E-state index contributed by atoms with van der Waals surface area (Å²) in [4.78, 5) is 45.5. The van der Waals surface area contributed by atoms with Gasteiger partial charge in [-0.1, -0.05) is 6.42 Å². The van der Waals surface area contributed by atoms with Crippen molar-refractivity contribution >= 4 is 34.3 Å². The minimum atomic E-state index is -0.824. The molecule has 1 aliphatic carbocycles. The van der Waals surface area contributed by atoms with E-state index in [1.165, 1.54) is 23.6 Å². The molecule has 2 saturated heterocycles. The van der Waals surface area contributed by atoms with Gasteiger partial charge in [0.25, 0.3) is 5.91 Å². The van der Waals surface area contributed by atoms with Gasteiger partial charge in [-0.25, -0.2) is 4.39 Å². The number of ether oxygens (including phenoxy) is 1. The fraction of sp³-hybridized carbons (Fsp3) is 0.500. The van der Waals surface area contributed by atoms with Crippen LogP contribution in [0.2, 0.25) is 0 Å². The summed E-state index contributed by atoms with van der Waals surface area (Å²) in [6, 6.07) is 2.30. The molecule has 9 heteroatoms. The number of piperidine rings is 1. The smallest absolute Gasteiger partial charge is 0.259 e. The van der Waals surface area contributed by atoms with E-state index in [0.717, 1.165) is 38.8 Å². The molecule has 1 aromatic heterocycles. The molecule has 3 amide bonds. The summed E-state index contributed by atoms with van der Waals surface area (Å²) >= 11 is 0. The molecule has 0 radical (unpaired) electrons. The Hall–Kier alpha value is -3.07. The molecular weight excluding hydrogens is 427 g/mol. The Morgan fingerprint density at radius 3 is 2.67 bits per heavy atom. The van der Waals surface area contributed by atoms with Crippen molar-refractivity contribution in [3.8, 4) is 5.75 Å². The lowest BCUT2D eigenvalue weighted by Crippen LogP contribution is -2.53. The number of carbonyl (C=O) groups is 3. The molecule has 1 aromatic carbocycles. The van der Waals surface area contributed by atoms with Crippen LogP contribution in [-0.4, -0.2) is 58.9 Å². The normalized spacial score (nSPS) is 27.6. The van der Waals surface area contributed by atoms with E-state index in [-0.39, 0.29) is 42.2 Å². The number of hydrogen-bond acceptors (Lipinski definition) is 6. The van der Waals surface area contributed by atoms with Crippen molar-refractivity contribution in [1.82, 2.24) is 15.2 Å². The predicted octanol–water partition coefficient (Wildman–Crippen LogP) is 2.54. The van der Waals surface area contributed by atoms with Gasteiger partial charge in [0, 0.05) is 24.0 Å². The molecule has 8 nitrogen and oxygen atoms in total. The molecule has 1 saturated carbocycles. The molecule has 33 heavy (non-hydrogen) atoms. The highest BCUT2D eigenvalue weighted by Gasteiger charge is 2.42. The minimum absolute atomic E-state index is 0.0750. The maximum Gasteiger partial charge on any atom is 0.259 e. The van der Waals surface area contributed by atoms with Crippen molar-refractivity contribution in [2.45, 2.75) is 63.1 Å². The highest BCUT2D eigenvalue weighted by Crippen LogP contribution is 2.44. The van der Waals surface area contributed by atoms with Crippen LogP contribution in [0.3, 0.4) is 0 Å². The first-order valence-corrected chi connectivity index (χ1v) is 11.7. The number of rotatable bonds is 4. The van der Waals surface area contributed by atoms with E-state index in [2.05, 4.69) is 15.2 Å². The molecule has 3 fully saturated rings. The van der Waals surface area contributed by atoms with Crippen LogP contribution in [-0.2, 0) is 9.59 Å². The molecule has 0 spiro atoms. The number of nitrogens with one attached hydrogen (secondary N) is 1. The van der Waals surface area contributed by atoms with Gasteiger partial charge < -0.3 is 4.74 Å². The van der Waals surface area contributed by atoms with Crippen LogP contribution in [0.25, 0.3) is 10.9 Å². The first kappa shape index (κ1) is 20.5. The molecule has 6 rings (SSSR count). The van der Waals surface area contributed by atoms with Crippen molar-refractivity contribution in [2.75, 3.05) is 18.0 Å². The van der Waals surface area contributed by atoms with Crippen LogP contribution in [0, 0.1) is 5.82 Å². The number of likely N-dealkylation sites (tertiary alicyclic amines) is 1. The monoisotopic (exact) mass is 452 g/mol. The summed E-state index contributed by atoms with van der Waals surface area (Å²) in [7, 11) is 0. The molecule has 4 heterocycles. The number of nitrogens with zero attached hydrogens (tertiary/aromatic N) is 3. The van der Waals surface area contributed by atoms with Crippen LogP contribution in [0.5, 0.6) is 5.75 Å². The summed E-state index contributed by atoms with van der Waals surface area (Å²) in [6.45, 7) is 2.09. The van der Waals surface area contributed by atoms with Crippen LogP contribution < -0.4 is 15.0 Å². The van der Waals surface area contributed by atoms with Crippen LogP contribution in [0.1, 0.15) is 55.3 Å². The molecule has 2 aromatic rings. The van der Waals surface area contributed by atoms with Gasteiger partial charge >= 0.3 is 0 Å². The highest BCUT2D eigenvalue weighted by atomic mass is 19.1. The van der Waals surface area contributed by atoms with Gasteiger partial charge in [0.1, 0.15) is 17.7 Å². The summed E-state index contributed by atoms with van der Waals surface area (Å²) in [5.74, 6) is -1.88. The lowest BCUT2D eigenvalue weighted by molar-refractivity contribution is -0.134. The highest BCUT2D eigenvalue weighted by molar-refractivity contribution is 6.27. The SMILES string of the molecule is O=C1CCC(N2C(=O)c3cc(F)c(O[C@H]4CCCC[C@@H]4N4CCC4)c4nccc2c34)C(=O)N1. The van der Waals surface area contributed by atoms with Crippen LogP contribution in [0.15, 0.2) is 18.3 Å². The van der Waals surface area contributed by atoms with E-state index in [1.54, 1.807) is 6.07 Å². The first-order chi connectivity index (χ1) is 16.0. The second-order valence-corrected chi connectivity index (χ2v) is 9.33. The third-order valence-corrected chi connectivity index (χ3v) is 7.43. The van der Waals surface area contributed by atoms with Crippen molar-refractivity contribution in [1.29, 1.82) is 0 Å². The molecular formula is C24H25FN4O4. The second-order valence-electron chi connectivity index (χ2n) is 9.33. The number of carbonyl (C=O) groups excluding carboxylic acids is 3. The zero-order chi connectivity index (χ0) is 22.7. The van der Waals surface area contributed by atoms with Gasteiger partial charge in [-0.2, -0.15) is 0 Å². The number of amides is 3. The fourth-order valence-electron chi connectivity index (χ4n) is 5.68. The molecule has 3 aliphatic heterocycles. The number of benzene rings is 1. The third-order valence-electron chi connectivity index (χ3n) is 7.43. The quantitative estimate of drug-likeness (QED) is 0.717. The lowest BCUT2D eigenvalue weighted by Gasteiger charge is -2.44. The molecule has 4 aliphatic rings. The Balaban J connectivity index is 1.39. The Morgan fingerprint density at radius 2 is 1.91 bits per heavy atom. The Kier molecular flexibility index (Phi) is 4.83. The molecule has 172 valence electrons. The van der Waals surface area contributed by atoms with Crippen LogP contribution >= 0.6 is 0 Å². The Morgan fingerprint density at radius 1 is 1.09 bits per heavy atom. The summed E-state index contributed by atoms with van der Waals surface area (Å²) in [6.07, 6.45) is 6.99. The summed E-state index contributed by atoms with van der Waals surface area (Å²) in [5.41, 5.74) is 0.978. The van der Waals surface area contributed by atoms with E-state index in [4.69, 9.17) is 4.74 Å². The lowest BCUT2D eigenvalue weighted by atomic mass is 9.89. The molecule has 1 unspecified atom stereocenters. The van der Waals surface area contributed by atoms with E-state index in [0.29, 0.717) is 16.6 Å². The second kappa shape index (κ2) is 7.76. The van der Waals surface area contributed by atoms with E-state index < -0.39 is 23.7 Å². The largest absolute Gasteiger partial charge is 0.483 e. The number of aromatic nitrogens is 1. The number of pyridine rings is 1. The van der Waals surface area contributed by atoms with E-state index >= 15 is 4.39 Å². The maximum absolute atomic E-state index is 15.4. The number of hydrogen-bond donors (Lipinski definition) is 1. The van der Waals surface area contributed by atoms with Gasteiger partial charge in [-0.05, 0) is 57.3 Å². The summed E-state index contributed by atoms with van der Waals surface area (Å²) in [5, 5.41) is 2.80. The van der Waals surface area contributed by atoms with Gasteiger partial charge in [0.15, 0.2) is 11.6 Å². The Bertz CT molecular complexity index is 1180. The molecule has 1 N–H and O–H groups in total. The standard InChI is InChI=1S/C24H25FN4O4/c25-14-12-13-20-16(29(24(13)32)17-6-7-19(30)27-23(17)31)8-9-26-21(20)22(14)33-18-5-2-1-4-15(18)28-10-3-11-28/h8-9,12,15,17-18H,1-7,10-11H2,(H,27,30,31)/t15-,17?,18-/m0/s1. The fourth-order valence-corrected chi connectivity index (χ4v) is 5.68. The van der Waals surface area contributed by atoms with Gasteiger partial charge in [-0.3, -0.25) is 34.5 Å². The predicted molar refractivity (Wildman–Crippen MR) is 118 cm³/mol. The maximum atomic E-state index is 15.4. The minimum Gasteiger partial charge on any atom is -0.483 e. The Labute approximate surface area is 190 Å². The van der Waals surface area contributed by atoms with Crippen molar-refractivity contribution in [3.63, 3.8) is 0 Å². The van der Waals surface area contributed by atoms with Crippen molar-refractivity contribution in [3.05, 3.63) is 29.7 Å². The van der Waals surface area contributed by atoms with Gasteiger partial charge in [0.2, 0.25) is 11.8 Å². The van der Waals surface area contributed by atoms with Gasteiger partial charge in [0.05, 0.1) is 11.3 Å². The van der Waals surface area contributed by atoms with Crippen molar-refractivity contribution < 1.29 is 23.5 Å². The zero-order valence-corrected chi connectivity index (χ0v) is 18.2. The van der Waals surface area contributed by atoms with Crippen molar-refractivity contribution in [2.24, 2.45) is 0 Å². The summed E-state index contributed by atoms with van der Waals surface area (Å²) < 4.78 is 21.7. The topological polar surface area (TPSA) is 91.8 Å². The average Bonchev–Trinajstić information content (AvgIpc) is 3.03. The van der Waals surface area contributed by atoms with Gasteiger partial charge in [-0.15, -0.1) is 0 Å². The number of imide groups is 1. The average molecular weight is 452 g/mol. The zero-order valence-electron chi connectivity index (χ0n) is 18.2. The van der Waals surface area contributed by atoms with Crippen LogP contribution in [0.4, 0.5) is 10.1 Å². The molecule has 0 bridgehead atoms. The number of halogens is 1. The number of anilines is 1. The van der Waals surface area contributed by atoms with E-state index in [1.807, 2.05) is 0 Å². The van der Waals surface area contributed by atoms with E-state index in [9.17, 15) is 14.4 Å². The molecule has 3 atom stereocenters. The third kappa shape index (κ3) is 3.20. The first-order valence-electron chi connectivity index (χ1n) is 11.7.